The molecule has 1 aliphatic heterocycles. The maximum atomic E-state index is 13.2. The summed E-state index contributed by atoms with van der Waals surface area (Å²) in [7, 11) is 0. The highest BCUT2D eigenvalue weighted by Gasteiger charge is 2.30. The lowest BCUT2D eigenvalue weighted by Gasteiger charge is -2.25. The Morgan fingerprint density at radius 2 is 1.82 bits per heavy atom. The van der Waals surface area contributed by atoms with E-state index in [4.69, 9.17) is 9.15 Å². The smallest absolute Gasteiger partial charge is 0.416 e. The highest BCUT2D eigenvalue weighted by atomic mass is 19.4. The van der Waals surface area contributed by atoms with E-state index in [1.807, 2.05) is 36.1 Å². The fourth-order valence-corrected chi connectivity index (χ4v) is 3.90. The van der Waals surface area contributed by atoms with Gasteiger partial charge >= 0.3 is 6.18 Å². The summed E-state index contributed by atoms with van der Waals surface area (Å²) in [6.45, 7) is 4.93. The Bertz CT molecular complexity index is 1120. The Morgan fingerprint density at radius 1 is 1.06 bits per heavy atom. The van der Waals surface area contributed by atoms with Crippen molar-refractivity contribution in [3.8, 4) is 0 Å². The van der Waals surface area contributed by atoms with Gasteiger partial charge in [-0.1, -0.05) is 42.5 Å². The van der Waals surface area contributed by atoms with Crippen LogP contribution in [0.4, 0.5) is 13.2 Å². The van der Waals surface area contributed by atoms with Crippen molar-refractivity contribution < 1.29 is 27.1 Å². The van der Waals surface area contributed by atoms with E-state index in [0.29, 0.717) is 44.3 Å². The summed E-state index contributed by atoms with van der Waals surface area (Å²) in [6, 6.07) is 13.1. The average molecular weight is 473 g/mol. The van der Waals surface area contributed by atoms with Gasteiger partial charge in [0.05, 0.1) is 25.3 Å². The van der Waals surface area contributed by atoms with E-state index >= 15 is 0 Å². The standard InChI is InChI=1S/C25H26F3N3O3/c1-18-5-2-3-7-20(18)15-30(14-19-6-4-8-21(13-19)25(26,27)28)16-23-29-22(17-34-23)24(32)31-9-11-33-12-10-31/h2-8,13,17H,9-12,14-16H2,1H3. The molecular weight excluding hydrogens is 447 g/mol. The molecule has 0 spiro atoms. The van der Waals surface area contributed by atoms with Crippen molar-refractivity contribution in [2.24, 2.45) is 0 Å². The van der Waals surface area contributed by atoms with Gasteiger partial charge in [-0.25, -0.2) is 4.98 Å². The number of carbonyl (C=O) groups excluding carboxylic acids is 1. The lowest BCUT2D eigenvalue weighted by Crippen LogP contribution is -2.40. The van der Waals surface area contributed by atoms with Gasteiger partial charge in [-0.05, 0) is 29.7 Å². The summed E-state index contributed by atoms with van der Waals surface area (Å²) in [5, 5.41) is 0. The maximum absolute atomic E-state index is 13.2. The van der Waals surface area contributed by atoms with Gasteiger partial charge in [-0.2, -0.15) is 13.2 Å². The minimum Gasteiger partial charge on any atom is -0.447 e. The molecule has 2 aromatic carbocycles. The van der Waals surface area contributed by atoms with Gasteiger partial charge in [0.2, 0.25) is 5.89 Å². The van der Waals surface area contributed by atoms with Crippen molar-refractivity contribution >= 4 is 5.91 Å². The molecule has 0 aliphatic carbocycles. The van der Waals surface area contributed by atoms with E-state index in [-0.39, 0.29) is 24.7 Å². The molecule has 0 N–H and O–H groups in total. The normalized spacial score (nSPS) is 14.6. The monoisotopic (exact) mass is 473 g/mol. The SMILES string of the molecule is Cc1ccccc1CN(Cc1cccc(C(F)(F)F)c1)Cc1nc(C(=O)N2CCOCC2)co1. The number of halogens is 3. The minimum atomic E-state index is -4.41. The zero-order valence-electron chi connectivity index (χ0n) is 18.8. The van der Waals surface area contributed by atoms with Gasteiger partial charge in [-0.15, -0.1) is 0 Å². The third kappa shape index (κ3) is 6.03. The second-order valence-corrected chi connectivity index (χ2v) is 8.30. The molecule has 0 atom stereocenters. The zero-order valence-corrected chi connectivity index (χ0v) is 18.8. The molecule has 4 rings (SSSR count). The van der Waals surface area contributed by atoms with E-state index in [9.17, 15) is 18.0 Å². The van der Waals surface area contributed by atoms with Gasteiger partial charge in [0, 0.05) is 26.2 Å². The van der Waals surface area contributed by atoms with Crippen molar-refractivity contribution in [2.75, 3.05) is 26.3 Å². The number of morpholine rings is 1. The quantitative estimate of drug-likeness (QED) is 0.499. The predicted molar refractivity (Wildman–Crippen MR) is 119 cm³/mol. The van der Waals surface area contributed by atoms with Gasteiger partial charge < -0.3 is 14.1 Å². The number of amides is 1. The predicted octanol–water partition coefficient (Wildman–Crippen LogP) is 4.68. The molecule has 180 valence electrons. The molecule has 9 heteroatoms. The number of aromatic nitrogens is 1. The lowest BCUT2D eigenvalue weighted by atomic mass is 10.1. The Balaban J connectivity index is 1.53. The molecule has 0 saturated carbocycles. The molecule has 0 radical (unpaired) electrons. The van der Waals surface area contributed by atoms with Crippen LogP contribution in [0, 0.1) is 6.92 Å². The van der Waals surface area contributed by atoms with Crippen LogP contribution in [0.2, 0.25) is 0 Å². The first-order valence-electron chi connectivity index (χ1n) is 11.0. The number of hydrogen-bond acceptors (Lipinski definition) is 5. The minimum absolute atomic E-state index is 0.215. The highest BCUT2D eigenvalue weighted by molar-refractivity contribution is 5.92. The molecule has 1 aromatic heterocycles. The highest BCUT2D eigenvalue weighted by Crippen LogP contribution is 2.30. The third-order valence-electron chi connectivity index (χ3n) is 5.74. The summed E-state index contributed by atoms with van der Waals surface area (Å²) in [5.74, 6) is 0.110. The van der Waals surface area contributed by atoms with Crippen molar-refractivity contribution in [1.29, 1.82) is 0 Å². The summed E-state index contributed by atoms with van der Waals surface area (Å²) in [6.07, 6.45) is -3.07. The van der Waals surface area contributed by atoms with E-state index in [1.165, 1.54) is 12.3 Å². The topological polar surface area (TPSA) is 58.8 Å². The molecule has 2 heterocycles. The molecule has 1 saturated heterocycles. The lowest BCUT2D eigenvalue weighted by molar-refractivity contribution is -0.137. The van der Waals surface area contributed by atoms with Crippen molar-refractivity contribution in [3.05, 3.63) is 88.6 Å². The van der Waals surface area contributed by atoms with Crippen LogP contribution < -0.4 is 0 Å². The van der Waals surface area contributed by atoms with Crippen molar-refractivity contribution in [2.45, 2.75) is 32.7 Å². The van der Waals surface area contributed by atoms with Crippen molar-refractivity contribution in [1.82, 2.24) is 14.8 Å². The van der Waals surface area contributed by atoms with Gasteiger partial charge in [0.15, 0.2) is 5.69 Å². The van der Waals surface area contributed by atoms with Crippen LogP contribution in [0.3, 0.4) is 0 Å². The molecule has 1 aliphatic rings. The average Bonchev–Trinajstić information content (AvgIpc) is 3.29. The largest absolute Gasteiger partial charge is 0.447 e. The number of rotatable bonds is 7. The van der Waals surface area contributed by atoms with Crippen LogP contribution >= 0.6 is 0 Å². The number of aryl methyl sites for hydroxylation is 1. The van der Waals surface area contributed by atoms with E-state index in [0.717, 1.165) is 23.3 Å². The number of benzene rings is 2. The third-order valence-corrected chi connectivity index (χ3v) is 5.74. The fourth-order valence-electron chi connectivity index (χ4n) is 3.90. The second kappa shape index (κ2) is 10.4. The molecule has 34 heavy (non-hydrogen) atoms. The first-order chi connectivity index (χ1) is 16.3. The summed E-state index contributed by atoms with van der Waals surface area (Å²) in [4.78, 5) is 20.7. The Morgan fingerprint density at radius 3 is 2.56 bits per heavy atom. The van der Waals surface area contributed by atoms with Gasteiger partial charge in [-0.3, -0.25) is 9.69 Å². The zero-order chi connectivity index (χ0) is 24.1. The molecule has 6 nitrogen and oxygen atoms in total. The summed E-state index contributed by atoms with van der Waals surface area (Å²) in [5.41, 5.74) is 2.18. The Hall–Kier alpha value is -3.17. The van der Waals surface area contributed by atoms with Crippen LogP contribution in [-0.4, -0.2) is 47.0 Å². The summed E-state index contributed by atoms with van der Waals surface area (Å²) >= 11 is 0. The van der Waals surface area contributed by atoms with Crippen LogP contribution in [0.1, 0.15) is 38.6 Å². The number of oxazole rings is 1. The molecule has 0 bridgehead atoms. The van der Waals surface area contributed by atoms with Crippen LogP contribution in [0.25, 0.3) is 0 Å². The van der Waals surface area contributed by atoms with Crippen LogP contribution in [-0.2, 0) is 30.5 Å². The molecular formula is C25H26F3N3O3. The maximum Gasteiger partial charge on any atom is 0.416 e. The first-order valence-corrected chi connectivity index (χ1v) is 11.0. The van der Waals surface area contributed by atoms with Gasteiger partial charge in [0.25, 0.3) is 5.91 Å². The number of alkyl halides is 3. The molecule has 0 unspecified atom stereocenters. The molecule has 1 amide bonds. The molecule has 3 aromatic rings. The Kier molecular flexibility index (Phi) is 7.33. The van der Waals surface area contributed by atoms with E-state index in [2.05, 4.69) is 4.98 Å². The molecule has 1 fully saturated rings. The number of carbonyl (C=O) groups is 1. The second-order valence-electron chi connectivity index (χ2n) is 8.30. The van der Waals surface area contributed by atoms with Crippen LogP contribution in [0.5, 0.6) is 0 Å². The van der Waals surface area contributed by atoms with Crippen molar-refractivity contribution in [3.63, 3.8) is 0 Å². The fraction of sp³-hybridized carbons (Fsp3) is 0.360. The van der Waals surface area contributed by atoms with Gasteiger partial charge in [0.1, 0.15) is 6.26 Å². The summed E-state index contributed by atoms with van der Waals surface area (Å²) < 4.78 is 50.5. The van der Waals surface area contributed by atoms with E-state index in [1.54, 1.807) is 11.0 Å². The number of ether oxygens (including phenoxy) is 1. The van der Waals surface area contributed by atoms with E-state index < -0.39 is 11.7 Å². The Labute approximate surface area is 195 Å². The number of nitrogens with zero attached hydrogens (tertiary/aromatic N) is 3. The van der Waals surface area contributed by atoms with Crippen LogP contribution in [0.15, 0.2) is 59.2 Å². The first kappa shape index (κ1) is 24.0. The number of hydrogen-bond donors (Lipinski definition) is 0.